The van der Waals surface area contributed by atoms with Crippen molar-refractivity contribution in [2.24, 2.45) is 11.8 Å². The number of rotatable bonds is 3. The number of aliphatic carboxylic acids is 1. The number of hydrogen-bond acceptors (Lipinski definition) is 4. The van der Waals surface area contributed by atoms with Crippen LogP contribution in [0.25, 0.3) is 0 Å². The van der Waals surface area contributed by atoms with Crippen LogP contribution >= 0.6 is 0 Å². The molecule has 1 amide bonds. The van der Waals surface area contributed by atoms with Crippen molar-refractivity contribution in [2.75, 3.05) is 7.11 Å². The Morgan fingerprint density at radius 2 is 2.16 bits per heavy atom. The van der Waals surface area contributed by atoms with Crippen molar-refractivity contribution in [3.63, 3.8) is 0 Å². The van der Waals surface area contributed by atoms with Gasteiger partial charge < -0.3 is 19.8 Å². The highest BCUT2D eigenvalue weighted by atomic mass is 16.5. The summed E-state index contributed by atoms with van der Waals surface area (Å²) >= 11 is 0. The first kappa shape index (κ1) is 12.6. The van der Waals surface area contributed by atoms with Crippen molar-refractivity contribution >= 4 is 11.9 Å². The molecule has 0 spiro atoms. The lowest BCUT2D eigenvalue weighted by atomic mass is 9.77. The van der Waals surface area contributed by atoms with Gasteiger partial charge in [-0.2, -0.15) is 0 Å². The minimum Gasteiger partial charge on any atom is -0.477 e. The molecule has 6 nitrogen and oxygen atoms in total. The fourth-order valence-electron chi connectivity index (χ4n) is 3.89. The molecule has 2 fully saturated rings. The minimum absolute atomic E-state index is 0.0216. The summed E-state index contributed by atoms with van der Waals surface area (Å²) in [6, 6.07) is -0.200. The zero-order valence-corrected chi connectivity index (χ0v) is 10.9. The first-order valence-electron chi connectivity index (χ1n) is 6.50. The molecule has 1 saturated carbocycles. The van der Waals surface area contributed by atoms with Crippen LogP contribution in [0.4, 0.5) is 0 Å². The third-order valence-corrected chi connectivity index (χ3v) is 4.61. The summed E-state index contributed by atoms with van der Waals surface area (Å²) in [4.78, 5) is 24.9. The maximum absolute atomic E-state index is 12.1. The summed E-state index contributed by atoms with van der Waals surface area (Å²) in [7, 11) is 1.56. The second kappa shape index (κ2) is 4.05. The first-order chi connectivity index (χ1) is 8.99. The highest BCUT2D eigenvalue weighted by Gasteiger charge is 2.63. The molecule has 0 bridgehead atoms. The molecule has 0 aromatic carbocycles. The van der Waals surface area contributed by atoms with Gasteiger partial charge in [0.05, 0.1) is 24.2 Å². The third-order valence-electron chi connectivity index (χ3n) is 4.61. The van der Waals surface area contributed by atoms with Gasteiger partial charge in [0.25, 0.3) is 0 Å². The number of carbonyl (C=O) groups is 2. The van der Waals surface area contributed by atoms with Gasteiger partial charge in [0.1, 0.15) is 5.70 Å². The number of nitrogens with zero attached hydrogens (tertiary/aromatic N) is 1. The third kappa shape index (κ3) is 1.44. The first-order valence-corrected chi connectivity index (χ1v) is 6.50. The average Bonchev–Trinajstić information content (AvgIpc) is 2.84. The molecule has 6 heteroatoms. The molecule has 19 heavy (non-hydrogen) atoms. The standard InChI is InChI=1S/C13H17NO5/c1-5(15)8-10-6-3-4-7(19-2)9(6)11(13(17)18)14(10)12(8)16/h5-8,10,15H,3-4H2,1-2H3,(H,17,18)/t5-,6+,7+,8-,10-/m1/s1. The monoisotopic (exact) mass is 267 g/mol. The molecular weight excluding hydrogens is 250 g/mol. The molecule has 104 valence electrons. The van der Waals surface area contributed by atoms with Crippen LogP contribution in [0.2, 0.25) is 0 Å². The molecule has 1 aliphatic carbocycles. The quantitative estimate of drug-likeness (QED) is 0.701. The Hall–Kier alpha value is -1.40. The Kier molecular flexibility index (Phi) is 2.69. The molecule has 5 atom stereocenters. The Labute approximate surface area is 110 Å². The van der Waals surface area contributed by atoms with Crippen LogP contribution in [-0.4, -0.2) is 52.3 Å². The van der Waals surface area contributed by atoms with Crippen molar-refractivity contribution in [1.29, 1.82) is 0 Å². The molecule has 3 aliphatic rings. The lowest BCUT2D eigenvalue weighted by Crippen LogP contribution is -2.63. The molecular formula is C13H17NO5. The van der Waals surface area contributed by atoms with Crippen LogP contribution in [-0.2, 0) is 14.3 Å². The van der Waals surface area contributed by atoms with E-state index in [1.54, 1.807) is 14.0 Å². The van der Waals surface area contributed by atoms with E-state index in [9.17, 15) is 19.8 Å². The Morgan fingerprint density at radius 3 is 2.68 bits per heavy atom. The van der Waals surface area contributed by atoms with Crippen molar-refractivity contribution in [1.82, 2.24) is 4.90 Å². The van der Waals surface area contributed by atoms with Gasteiger partial charge in [0, 0.05) is 13.0 Å². The van der Waals surface area contributed by atoms with Gasteiger partial charge >= 0.3 is 5.97 Å². The van der Waals surface area contributed by atoms with Crippen molar-refractivity contribution in [3.05, 3.63) is 11.3 Å². The lowest BCUT2D eigenvalue weighted by Gasteiger charge is -2.46. The Morgan fingerprint density at radius 1 is 1.47 bits per heavy atom. The number of ether oxygens (including phenoxy) is 1. The number of carboxylic acid groups (broad SMARTS) is 1. The molecule has 2 aliphatic heterocycles. The van der Waals surface area contributed by atoms with Crippen LogP contribution in [0.5, 0.6) is 0 Å². The fraction of sp³-hybridized carbons (Fsp3) is 0.692. The van der Waals surface area contributed by atoms with E-state index in [-0.39, 0.29) is 29.7 Å². The molecule has 0 radical (unpaired) electrons. The van der Waals surface area contributed by atoms with E-state index in [1.165, 1.54) is 4.90 Å². The number of aliphatic hydroxyl groups is 1. The van der Waals surface area contributed by atoms with Crippen LogP contribution < -0.4 is 0 Å². The second-order valence-electron chi connectivity index (χ2n) is 5.48. The van der Waals surface area contributed by atoms with E-state index in [0.717, 1.165) is 18.4 Å². The molecule has 0 aromatic heterocycles. The fourth-order valence-corrected chi connectivity index (χ4v) is 3.89. The summed E-state index contributed by atoms with van der Waals surface area (Å²) in [5, 5.41) is 19.1. The summed E-state index contributed by atoms with van der Waals surface area (Å²) in [5.41, 5.74) is 0.817. The molecule has 0 unspecified atom stereocenters. The topological polar surface area (TPSA) is 87.1 Å². The van der Waals surface area contributed by atoms with E-state index >= 15 is 0 Å². The van der Waals surface area contributed by atoms with E-state index in [4.69, 9.17) is 4.74 Å². The number of aliphatic hydroxyl groups excluding tert-OH is 1. The maximum atomic E-state index is 12.1. The van der Waals surface area contributed by atoms with Crippen LogP contribution in [0.1, 0.15) is 19.8 Å². The summed E-state index contributed by atoms with van der Waals surface area (Å²) in [6.07, 6.45) is 0.620. The predicted molar refractivity (Wildman–Crippen MR) is 64.0 cm³/mol. The van der Waals surface area contributed by atoms with E-state index in [2.05, 4.69) is 0 Å². The summed E-state index contributed by atoms with van der Waals surface area (Å²) in [6.45, 7) is 1.58. The molecule has 3 rings (SSSR count). The zero-order chi connectivity index (χ0) is 13.9. The van der Waals surface area contributed by atoms with Crippen LogP contribution in [0.3, 0.4) is 0 Å². The SMILES string of the molecule is CO[C@H]1CC[C@H]2C1=C(C(=O)O)N1C(=O)[C@H]([C@@H](C)O)[C@@H]21. The van der Waals surface area contributed by atoms with Gasteiger partial charge in [-0.25, -0.2) is 4.79 Å². The number of amides is 1. The van der Waals surface area contributed by atoms with Crippen molar-refractivity contribution < 1.29 is 24.5 Å². The van der Waals surface area contributed by atoms with Crippen LogP contribution in [0.15, 0.2) is 11.3 Å². The van der Waals surface area contributed by atoms with E-state index in [1.807, 2.05) is 0 Å². The normalized spacial score (nSPS) is 38.1. The van der Waals surface area contributed by atoms with E-state index < -0.39 is 18.0 Å². The number of fused-ring (bicyclic) bond motifs is 3. The Bertz CT molecular complexity index is 483. The minimum atomic E-state index is -1.08. The zero-order valence-electron chi connectivity index (χ0n) is 10.9. The number of β-lactam (4-membered cyclic amide) rings is 1. The van der Waals surface area contributed by atoms with Gasteiger partial charge in [-0.1, -0.05) is 0 Å². The highest BCUT2D eigenvalue weighted by molar-refractivity contribution is 6.00. The maximum Gasteiger partial charge on any atom is 0.352 e. The number of carbonyl (C=O) groups excluding carboxylic acids is 1. The van der Waals surface area contributed by atoms with Gasteiger partial charge in [0.2, 0.25) is 5.91 Å². The number of carboxylic acids is 1. The smallest absolute Gasteiger partial charge is 0.352 e. The number of methoxy groups -OCH3 is 1. The van der Waals surface area contributed by atoms with Gasteiger partial charge in [0.15, 0.2) is 0 Å². The number of hydrogen-bond donors (Lipinski definition) is 2. The molecule has 2 N–H and O–H groups in total. The largest absolute Gasteiger partial charge is 0.477 e. The molecule has 0 aromatic rings. The van der Waals surface area contributed by atoms with E-state index in [0.29, 0.717) is 0 Å². The molecule has 2 heterocycles. The van der Waals surface area contributed by atoms with Gasteiger partial charge in [-0.3, -0.25) is 4.79 Å². The van der Waals surface area contributed by atoms with Gasteiger partial charge in [-0.15, -0.1) is 0 Å². The average molecular weight is 267 g/mol. The highest BCUT2D eigenvalue weighted by Crippen LogP contribution is 2.53. The lowest BCUT2D eigenvalue weighted by molar-refractivity contribution is -0.163. The second-order valence-corrected chi connectivity index (χ2v) is 5.48. The Balaban J connectivity index is 2.03. The van der Waals surface area contributed by atoms with Crippen molar-refractivity contribution in [3.8, 4) is 0 Å². The van der Waals surface area contributed by atoms with Crippen molar-refractivity contribution in [2.45, 2.75) is 38.0 Å². The summed E-state index contributed by atoms with van der Waals surface area (Å²) in [5.74, 6) is -1.82. The van der Waals surface area contributed by atoms with Crippen LogP contribution in [0, 0.1) is 11.8 Å². The summed E-state index contributed by atoms with van der Waals surface area (Å²) < 4.78 is 5.34. The molecule has 1 saturated heterocycles. The van der Waals surface area contributed by atoms with Gasteiger partial charge in [-0.05, 0) is 25.3 Å². The predicted octanol–water partition coefficient (Wildman–Crippen LogP) is -0.0285.